The average molecular weight is 389 g/mol. The van der Waals surface area contributed by atoms with Gasteiger partial charge in [0, 0.05) is 19.3 Å². The Morgan fingerprint density at radius 2 is 1.86 bits per heavy atom. The van der Waals surface area contributed by atoms with Gasteiger partial charge in [-0.15, -0.1) is 0 Å². The highest BCUT2D eigenvalue weighted by Crippen LogP contribution is 2.69. The number of carboxylic acids is 1. The maximum atomic E-state index is 12.1. The van der Waals surface area contributed by atoms with E-state index in [1.54, 1.807) is 0 Å². The van der Waals surface area contributed by atoms with E-state index in [4.69, 9.17) is 5.11 Å². The molecule has 9 atom stereocenters. The monoisotopic (exact) mass is 388 g/mol. The number of hydrogen-bond acceptors (Lipinski definition) is 2. The highest BCUT2D eigenvalue weighted by Gasteiger charge is 2.62. The van der Waals surface area contributed by atoms with Crippen LogP contribution >= 0.6 is 0 Å². The number of fused-ring (bicyclic) bond motifs is 5. The minimum atomic E-state index is -0.651. The van der Waals surface area contributed by atoms with E-state index in [9.17, 15) is 9.59 Å². The molecule has 1 N–H and O–H groups in total. The third-order valence-electron chi connectivity index (χ3n) is 10.4. The number of carboxylic acid groups (broad SMARTS) is 1. The summed E-state index contributed by atoms with van der Waals surface area (Å²) in [4.78, 5) is 23.2. The van der Waals surface area contributed by atoms with Gasteiger partial charge in [0.25, 0.3) is 0 Å². The van der Waals surface area contributed by atoms with Gasteiger partial charge in [-0.1, -0.05) is 27.7 Å². The first-order valence-corrected chi connectivity index (χ1v) is 11.9. The van der Waals surface area contributed by atoms with Crippen molar-refractivity contribution in [2.24, 2.45) is 52.3 Å². The number of carbonyl (C=O) groups is 2. The summed E-state index contributed by atoms with van der Waals surface area (Å²) in [7, 11) is 0. The van der Waals surface area contributed by atoms with Gasteiger partial charge >= 0.3 is 5.97 Å². The van der Waals surface area contributed by atoms with Crippen LogP contribution in [0, 0.1) is 52.3 Å². The number of carbonyl (C=O) groups excluding carboxylic acids is 1. The van der Waals surface area contributed by atoms with Gasteiger partial charge in [-0.05, 0) is 97.2 Å². The lowest BCUT2D eigenvalue weighted by Gasteiger charge is -2.62. The Balaban J connectivity index is 1.56. The minimum Gasteiger partial charge on any atom is -0.481 e. The van der Waals surface area contributed by atoms with Gasteiger partial charge in [-0.3, -0.25) is 9.59 Å². The smallest absolute Gasteiger partial charge is 0.303 e. The van der Waals surface area contributed by atoms with Crippen molar-refractivity contribution in [2.45, 2.75) is 91.9 Å². The largest absolute Gasteiger partial charge is 0.481 e. The molecule has 0 spiro atoms. The molecular weight excluding hydrogens is 348 g/mol. The number of rotatable bonds is 4. The number of hydrogen-bond donors (Lipinski definition) is 1. The molecule has 0 saturated heterocycles. The third-order valence-corrected chi connectivity index (χ3v) is 10.4. The van der Waals surface area contributed by atoms with Gasteiger partial charge in [0.05, 0.1) is 0 Å². The van der Waals surface area contributed by atoms with Gasteiger partial charge in [-0.25, -0.2) is 0 Å². The number of aliphatic carboxylic acids is 1. The minimum absolute atomic E-state index is 0.314. The highest BCUT2D eigenvalue weighted by molar-refractivity contribution is 5.79. The average Bonchev–Trinajstić information content (AvgIpc) is 2.98. The summed E-state index contributed by atoms with van der Waals surface area (Å²) >= 11 is 0. The summed E-state index contributed by atoms with van der Waals surface area (Å²) in [5, 5.41) is 9.12. The molecule has 4 rings (SSSR count). The number of Topliss-reactive ketones (excluding diaryl/α,β-unsaturated/α-hetero) is 1. The fourth-order valence-electron chi connectivity index (χ4n) is 8.95. The third kappa shape index (κ3) is 3.06. The maximum Gasteiger partial charge on any atom is 0.303 e. The van der Waals surface area contributed by atoms with Gasteiger partial charge in [0.2, 0.25) is 0 Å². The predicted molar refractivity (Wildman–Crippen MR) is 111 cm³/mol. The van der Waals surface area contributed by atoms with E-state index >= 15 is 0 Å². The van der Waals surface area contributed by atoms with Crippen LogP contribution in [-0.4, -0.2) is 16.9 Å². The van der Waals surface area contributed by atoms with E-state index in [1.165, 1.54) is 32.1 Å². The van der Waals surface area contributed by atoms with Crippen LogP contribution in [0.3, 0.4) is 0 Å². The summed E-state index contributed by atoms with van der Waals surface area (Å²) < 4.78 is 0. The van der Waals surface area contributed by atoms with Crippen LogP contribution in [0.5, 0.6) is 0 Å². The van der Waals surface area contributed by atoms with Gasteiger partial charge < -0.3 is 5.11 Å². The van der Waals surface area contributed by atoms with Gasteiger partial charge in [-0.2, -0.15) is 0 Å². The van der Waals surface area contributed by atoms with Gasteiger partial charge in [0.1, 0.15) is 5.78 Å². The maximum absolute atomic E-state index is 12.1. The molecule has 3 heteroatoms. The first-order chi connectivity index (χ1) is 13.2. The highest BCUT2D eigenvalue weighted by atomic mass is 16.4. The van der Waals surface area contributed by atoms with Crippen LogP contribution in [0.15, 0.2) is 0 Å². The van der Waals surface area contributed by atoms with E-state index in [1.807, 2.05) is 0 Å². The molecule has 28 heavy (non-hydrogen) atoms. The lowest BCUT2D eigenvalue weighted by atomic mass is 9.42. The zero-order chi connectivity index (χ0) is 20.3. The van der Waals surface area contributed by atoms with Crippen molar-refractivity contribution in [1.82, 2.24) is 0 Å². The van der Waals surface area contributed by atoms with E-state index < -0.39 is 5.97 Å². The lowest BCUT2D eigenvalue weighted by molar-refractivity contribution is -0.150. The second-order valence-electron chi connectivity index (χ2n) is 11.6. The SMILES string of the molecule is CC1C[C@@H]2CC(=O)CC[C@]2(C)C2CC[C@@]3(C)C(CC[C@@H]3[C@H](C)CCC(=O)O)[C@H]12. The summed E-state index contributed by atoms with van der Waals surface area (Å²) in [5.41, 5.74) is 0.764. The number of ketones is 1. The van der Waals surface area contributed by atoms with Crippen LogP contribution in [-0.2, 0) is 9.59 Å². The molecule has 4 aliphatic carbocycles. The van der Waals surface area contributed by atoms with E-state index in [2.05, 4.69) is 27.7 Å². The molecule has 0 aromatic carbocycles. The zero-order valence-electron chi connectivity index (χ0n) is 18.4. The Hall–Kier alpha value is -0.860. The standard InChI is InChI=1S/C25H40O3/c1-15(5-8-22(27)28)19-6-7-20-23-16(2)13-17-14-18(26)9-11-24(17,3)21(23)10-12-25(19,20)4/h15-17,19-21,23H,5-14H2,1-4H3,(H,27,28)/t15-,16?,17-,19-,20?,21?,23+,24+,25-/m1/s1. The summed E-state index contributed by atoms with van der Waals surface area (Å²) in [6.07, 6.45) is 10.4. The Morgan fingerprint density at radius 1 is 1.14 bits per heavy atom. The quantitative estimate of drug-likeness (QED) is 0.646. The zero-order valence-corrected chi connectivity index (χ0v) is 18.4. The Labute approximate surface area is 171 Å². The molecule has 0 heterocycles. The molecule has 4 saturated carbocycles. The molecular formula is C25H40O3. The predicted octanol–water partition coefficient (Wildman–Crippen LogP) is 5.96. The second kappa shape index (κ2) is 7.13. The molecule has 4 fully saturated rings. The Kier molecular flexibility index (Phi) is 5.20. The fraction of sp³-hybridized carbons (Fsp3) is 0.920. The molecule has 3 nitrogen and oxygen atoms in total. The Bertz CT molecular complexity index is 642. The van der Waals surface area contributed by atoms with Gasteiger partial charge in [0.15, 0.2) is 0 Å². The van der Waals surface area contributed by atoms with Crippen molar-refractivity contribution in [3.05, 3.63) is 0 Å². The summed E-state index contributed by atoms with van der Waals surface area (Å²) in [6.45, 7) is 9.86. The van der Waals surface area contributed by atoms with Crippen molar-refractivity contribution in [2.75, 3.05) is 0 Å². The summed E-state index contributed by atoms with van der Waals surface area (Å²) in [6, 6.07) is 0. The Morgan fingerprint density at radius 3 is 2.57 bits per heavy atom. The van der Waals surface area contributed by atoms with Crippen molar-refractivity contribution in [1.29, 1.82) is 0 Å². The van der Waals surface area contributed by atoms with Crippen molar-refractivity contribution < 1.29 is 14.7 Å². The molecule has 0 aromatic heterocycles. The molecule has 0 amide bonds. The molecule has 0 radical (unpaired) electrons. The van der Waals surface area contributed by atoms with Crippen molar-refractivity contribution in [3.63, 3.8) is 0 Å². The van der Waals surface area contributed by atoms with Crippen molar-refractivity contribution in [3.8, 4) is 0 Å². The van der Waals surface area contributed by atoms with Crippen LogP contribution in [0.2, 0.25) is 0 Å². The first kappa shape index (κ1) is 20.4. The lowest BCUT2D eigenvalue weighted by Crippen LogP contribution is -2.56. The molecule has 3 unspecified atom stereocenters. The van der Waals surface area contributed by atoms with Crippen LogP contribution in [0.1, 0.15) is 91.9 Å². The van der Waals surface area contributed by atoms with Crippen LogP contribution < -0.4 is 0 Å². The molecule has 4 aliphatic rings. The second-order valence-corrected chi connectivity index (χ2v) is 11.6. The van der Waals surface area contributed by atoms with E-state index in [-0.39, 0.29) is 0 Å². The topological polar surface area (TPSA) is 54.4 Å². The molecule has 0 aromatic rings. The van der Waals surface area contributed by atoms with E-state index in [0.717, 1.165) is 49.4 Å². The summed E-state index contributed by atoms with van der Waals surface area (Å²) in [5.74, 6) is 4.79. The normalized spacial score (nSPS) is 49.1. The van der Waals surface area contributed by atoms with Crippen molar-refractivity contribution >= 4 is 11.8 Å². The fourth-order valence-corrected chi connectivity index (χ4v) is 8.95. The first-order valence-electron chi connectivity index (χ1n) is 11.9. The molecule has 158 valence electrons. The molecule has 0 aliphatic heterocycles. The van der Waals surface area contributed by atoms with E-state index in [0.29, 0.717) is 40.8 Å². The van der Waals surface area contributed by atoms with Crippen LogP contribution in [0.25, 0.3) is 0 Å². The van der Waals surface area contributed by atoms with Crippen LogP contribution in [0.4, 0.5) is 0 Å². The molecule has 0 bridgehead atoms.